The summed E-state index contributed by atoms with van der Waals surface area (Å²) in [4.78, 5) is 16.8. The monoisotopic (exact) mass is 451 g/mol. The zero-order valence-electron chi connectivity index (χ0n) is 19.7. The van der Waals surface area contributed by atoms with Crippen molar-refractivity contribution in [2.75, 3.05) is 69.7 Å². The van der Waals surface area contributed by atoms with Crippen molar-refractivity contribution >= 4 is 29.3 Å². The summed E-state index contributed by atoms with van der Waals surface area (Å²) in [5, 5.41) is 11.6. The van der Waals surface area contributed by atoms with E-state index in [4.69, 9.17) is 15.1 Å². The highest BCUT2D eigenvalue weighted by molar-refractivity contribution is 6.37. The van der Waals surface area contributed by atoms with Crippen molar-refractivity contribution in [3.63, 3.8) is 0 Å². The second-order valence-electron chi connectivity index (χ2n) is 9.78. The van der Waals surface area contributed by atoms with E-state index in [0.29, 0.717) is 11.8 Å². The number of piperidine rings is 1. The lowest BCUT2D eigenvalue weighted by Crippen LogP contribution is -2.52. The highest BCUT2D eigenvalue weighted by atomic mass is 16.5. The molecule has 8 nitrogen and oxygen atoms in total. The molecule has 4 aliphatic rings. The minimum atomic E-state index is -0.165. The van der Waals surface area contributed by atoms with E-state index < -0.39 is 0 Å². The Hall–Kier alpha value is -2.29. The molecule has 178 valence electrons. The van der Waals surface area contributed by atoms with E-state index >= 15 is 0 Å². The molecule has 4 aliphatic heterocycles. The third kappa shape index (κ3) is 5.45. The normalized spacial score (nSPS) is 26.5. The quantitative estimate of drug-likeness (QED) is 0.736. The van der Waals surface area contributed by atoms with E-state index in [1.54, 1.807) is 6.21 Å². The number of rotatable bonds is 4. The molecule has 33 heavy (non-hydrogen) atoms. The number of ether oxygens (including phenoxy) is 1. The number of hydrogen-bond donors (Lipinski definition) is 2. The molecule has 8 heteroatoms. The van der Waals surface area contributed by atoms with Crippen molar-refractivity contribution in [1.29, 1.82) is 5.41 Å². The number of piperazine rings is 1. The van der Waals surface area contributed by atoms with Gasteiger partial charge in [0.05, 0.1) is 6.21 Å². The minimum absolute atomic E-state index is 0.165. The van der Waals surface area contributed by atoms with Gasteiger partial charge in [0.2, 0.25) is 0 Å². The molecule has 1 unspecified atom stereocenters. The number of nitrogens with one attached hydrogen (secondary N) is 2. The highest BCUT2D eigenvalue weighted by Gasteiger charge is 2.29. The standard InChI is InChI=1S/C25H37N7O/c1-30-12-14-32(15-13-30)22-6-10-31(11-7-22)21-4-2-20(3-5-21)28-23-18-27-25(26)24(29-23)19-8-16-33-17-9-19/h2-5,18-19,22,24,26H,6-17H2,1H3,(H,28,29). The molecule has 0 radical (unpaired) electrons. The van der Waals surface area contributed by atoms with E-state index in [1.807, 2.05) is 0 Å². The first-order valence-corrected chi connectivity index (χ1v) is 12.5. The molecule has 0 aromatic heterocycles. The average molecular weight is 452 g/mol. The first-order valence-electron chi connectivity index (χ1n) is 12.5. The Morgan fingerprint density at radius 3 is 2.33 bits per heavy atom. The van der Waals surface area contributed by atoms with Crippen LogP contribution in [0.4, 0.5) is 11.4 Å². The molecule has 0 aliphatic carbocycles. The first kappa shape index (κ1) is 22.5. The van der Waals surface area contributed by atoms with Crippen LogP contribution in [-0.4, -0.2) is 99.3 Å². The molecule has 3 fully saturated rings. The molecule has 0 amide bonds. The number of likely N-dealkylation sites (N-methyl/N-ethyl adjacent to an activating group) is 1. The fourth-order valence-electron chi connectivity index (χ4n) is 5.46. The second-order valence-corrected chi connectivity index (χ2v) is 9.78. The van der Waals surface area contributed by atoms with Crippen LogP contribution in [-0.2, 0) is 4.74 Å². The van der Waals surface area contributed by atoms with Crippen molar-refractivity contribution in [1.82, 2.24) is 9.80 Å². The highest BCUT2D eigenvalue weighted by Crippen LogP contribution is 2.26. The molecule has 0 spiro atoms. The van der Waals surface area contributed by atoms with Gasteiger partial charge in [-0.2, -0.15) is 0 Å². The van der Waals surface area contributed by atoms with Crippen molar-refractivity contribution in [2.45, 2.75) is 37.8 Å². The van der Waals surface area contributed by atoms with Crippen molar-refractivity contribution in [3.05, 3.63) is 24.3 Å². The third-order valence-electron chi connectivity index (χ3n) is 7.62. The maximum atomic E-state index is 8.20. The van der Waals surface area contributed by atoms with E-state index in [-0.39, 0.29) is 6.04 Å². The topological polar surface area (TPSA) is 79.5 Å². The molecule has 2 N–H and O–H groups in total. The van der Waals surface area contributed by atoms with Gasteiger partial charge in [0, 0.05) is 69.9 Å². The molecule has 4 heterocycles. The van der Waals surface area contributed by atoms with Gasteiger partial charge >= 0.3 is 0 Å². The number of aliphatic imine (C=N–C) groups is 2. The Bertz CT molecular complexity index is 861. The summed E-state index contributed by atoms with van der Waals surface area (Å²) in [6.07, 6.45) is 6.06. The molecule has 5 rings (SSSR count). The Morgan fingerprint density at radius 2 is 1.64 bits per heavy atom. The number of nitrogens with zero attached hydrogens (tertiary/aromatic N) is 5. The lowest BCUT2D eigenvalue weighted by molar-refractivity contribution is 0.0644. The van der Waals surface area contributed by atoms with Crippen LogP contribution in [0.25, 0.3) is 0 Å². The Morgan fingerprint density at radius 1 is 0.939 bits per heavy atom. The smallest absolute Gasteiger partial charge is 0.145 e. The van der Waals surface area contributed by atoms with Gasteiger partial charge in [-0.15, -0.1) is 0 Å². The maximum Gasteiger partial charge on any atom is 0.145 e. The van der Waals surface area contributed by atoms with Crippen molar-refractivity contribution in [3.8, 4) is 0 Å². The average Bonchev–Trinajstić information content (AvgIpc) is 2.87. The largest absolute Gasteiger partial charge is 0.381 e. The molecule has 1 aromatic rings. The molecular formula is C25H37N7O. The number of anilines is 2. The molecular weight excluding hydrogens is 414 g/mol. The van der Waals surface area contributed by atoms with E-state index in [1.165, 1.54) is 44.7 Å². The first-order chi connectivity index (χ1) is 16.2. The summed E-state index contributed by atoms with van der Waals surface area (Å²) in [7, 11) is 2.22. The van der Waals surface area contributed by atoms with Crippen LogP contribution in [0.5, 0.6) is 0 Å². The van der Waals surface area contributed by atoms with Crippen LogP contribution in [0, 0.1) is 11.3 Å². The molecule has 0 bridgehead atoms. The van der Waals surface area contributed by atoms with Crippen LogP contribution < -0.4 is 10.2 Å². The summed E-state index contributed by atoms with van der Waals surface area (Å²) in [5.41, 5.74) is 2.30. The van der Waals surface area contributed by atoms with Gasteiger partial charge in [0.15, 0.2) is 0 Å². The number of amidine groups is 2. The van der Waals surface area contributed by atoms with Gasteiger partial charge in [-0.1, -0.05) is 0 Å². The summed E-state index contributed by atoms with van der Waals surface area (Å²) < 4.78 is 5.47. The van der Waals surface area contributed by atoms with Gasteiger partial charge in [0.25, 0.3) is 0 Å². The van der Waals surface area contributed by atoms with Crippen LogP contribution in [0.1, 0.15) is 25.7 Å². The fourth-order valence-corrected chi connectivity index (χ4v) is 5.46. The lowest BCUT2D eigenvalue weighted by Gasteiger charge is -2.42. The number of benzene rings is 1. The summed E-state index contributed by atoms with van der Waals surface area (Å²) in [6, 6.07) is 9.24. The minimum Gasteiger partial charge on any atom is -0.381 e. The van der Waals surface area contributed by atoms with E-state index in [0.717, 1.165) is 56.7 Å². The van der Waals surface area contributed by atoms with Crippen molar-refractivity contribution < 1.29 is 4.74 Å². The van der Waals surface area contributed by atoms with E-state index in [9.17, 15) is 0 Å². The predicted molar refractivity (Wildman–Crippen MR) is 135 cm³/mol. The Labute approximate surface area is 197 Å². The van der Waals surface area contributed by atoms with Crippen LogP contribution in [0.3, 0.4) is 0 Å². The number of hydrogen-bond acceptors (Lipinski definition) is 7. The van der Waals surface area contributed by atoms with E-state index in [2.05, 4.69) is 56.3 Å². The van der Waals surface area contributed by atoms with Crippen LogP contribution in [0.2, 0.25) is 0 Å². The van der Waals surface area contributed by atoms with Gasteiger partial charge < -0.3 is 19.9 Å². The Balaban J connectivity index is 1.15. The zero-order chi connectivity index (χ0) is 22.6. The summed E-state index contributed by atoms with van der Waals surface area (Å²) >= 11 is 0. The van der Waals surface area contributed by atoms with Crippen LogP contribution in [0.15, 0.2) is 34.3 Å². The maximum absolute atomic E-state index is 8.20. The van der Waals surface area contributed by atoms with Crippen molar-refractivity contribution in [2.24, 2.45) is 15.9 Å². The van der Waals surface area contributed by atoms with Gasteiger partial charge in [-0.25, -0.2) is 4.99 Å². The van der Waals surface area contributed by atoms with Gasteiger partial charge in [-0.3, -0.25) is 15.3 Å². The lowest BCUT2D eigenvalue weighted by atomic mass is 9.91. The molecule has 1 aromatic carbocycles. The predicted octanol–water partition coefficient (Wildman–Crippen LogP) is 2.57. The van der Waals surface area contributed by atoms with Gasteiger partial charge in [-0.05, 0) is 62.9 Å². The fraction of sp³-hybridized carbons (Fsp3) is 0.640. The molecule has 1 atom stereocenters. The Kier molecular flexibility index (Phi) is 7.04. The third-order valence-corrected chi connectivity index (χ3v) is 7.62. The second kappa shape index (κ2) is 10.3. The summed E-state index contributed by atoms with van der Waals surface area (Å²) in [5.74, 6) is 1.45. The van der Waals surface area contributed by atoms with Crippen LogP contribution >= 0.6 is 0 Å². The molecule has 0 saturated carbocycles. The zero-order valence-corrected chi connectivity index (χ0v) is 19.7. The molecule has 3 saturated heterocycles. The summed E-state index contributed by atoms with van der Waals surface area (Å²) in [6.45, 7) is 8.57. The van der Waals surface area contributed by atoms with Gasteiger partial charge in [0.1, 0.15) is 17.7 Å². The SMILES string of the molecule is CN1CCN(C2CCN(c3ccc(NC4=NC(C5CCOCC5)C(=N)N=C4)cc3)CC2)CC1.